The van der Waals surface area contributed by atoms with Gasteiger partial charge in [-0.15, -0.1) is 0 Å². The molecular formula is C14H27NaO3. The zero-order valence-electron chi connectivity index (χ0n) is 12.3. The van der Waals surface area contributed by atoms with E-state index in [1.807, 2.05) is 0 Å². The number of aliphatic carboxylic acids is 1. The topological polar surface area (TPSA) is 54.4 Å². The second-order valence-corrected chi connectivity index (χ2v) is 5.91. The minimum absolute atomic E-state index is 0.480. The van der Waals surface area contributed by atoms with Crippen LogP contribution in [0.25, 0.3) is 0 Å². The fourth-order valence-corrected chi connectivity index (χ4v) is 2.04. The molecule has 0 rings (SSSR count). The maximum atomic E-state index is 10.7. The Morgan fingerprint density at radius 2 is 1.22 bits per heavy atom. The zero-order valence-corrected chi connectivity index (χ0v) is 14.3. The Morgan fingerprint density at radius 1 is 0.889 bits per heavy atom. The zero-order chi connectivity index (χ0) is 14.2. The van der Waals surface area contributed by atoms with Gasteiger partial charge in [0.25, 0.3) is 5.97 Å². The van der Waals surface area contributed by atoms with Crippen LogP contribution in [0.4, 0.5) is 0 Å². The Labute approximate surface area is 129 Å². The van der Waals surface area contributed by atoms with Gasteiger partial charge in [-0.1, -0.05) is 0 Å². The molecule has 0 fully saturated rings. The van der Waals surface area contributed by atoms with Crippen molar-refractivity contribution in [2.45, 2.75) is 78.1 Å². The molecule has 0 aromatic carbocycles. The Bertz CT molecular complexity index is 201. The molecule has 0 heterocycles. The van der Waals surface area contributed by atoms with Crippen molar-refractivity contribution >= 4 is 36.9 Å². The molecule has 0 bridgehead atoms. The van der Waals surface area contributed by atoms with Crippen molar-refractivity contribution in [2.24, 2.45) is 0 Å². The molecule has 1 N–H and O–H groups in total. The average molecular weight is 266 g/mol. The van der Waals surface area contributed by atoms with E-state index < -0.39 is 5.97 Å². The third-order valence-corrected chi connectivity index (χ3v) is 3.13. The number of hydrogen-bond donors (Lipinski definition) is 1. The standard InChI is InChI=1S/C12H23O.C2H4O2.Na/c1-2-3-4-5-6-7-8-9-10-11-12-13;1-2(3)4;/h2-11H2,1H3;1H3,(H,3,4);. The Morgan fingerprint density at radius 3 is 1.56 bits per heavy atom. The summed E-state index contributed by atoms with van der Waals surface area (Å²) in [5.74, 6) is -0.833. The van der Waals surface area contributed by atoms with Gasteiger partial charge in [-0.05, 0) is 0 Å². The molecular weight excluding hydrogens is 239 g/mol. The number of hydrogen-bond acceptors (Lipinski definition) is 2. The van der Waals surface area contributed by atoms with Crippen molar-refractivity contribution in [1.82, 2.24) is 0 Å². The summed E-state index contributed by atoms with van der Waals surface area (Å²) < 4.78 is 0.480. The molecule has 0 amide bonds. The summed E-state index contributed by atoms with van der Waals surface area (Å²) in [6, 6.07) is 0. The monoisotopic (exact) mass is 266 g/mol. The summed E-state index contributed by atoms with van der Waals surface area (Å²) >= 11 is 0.751. The van der Waals surface area contributed by atoms with E-state index in [1.165, 1.54) is 51.4 Å². The molecule has 0 spiro atoms. The summed E-state index contributed by atoms with van der Waals surface area (Å²) in [6.07, 6.45) is 12.9. The molecule has 0 aliphatic heterocycles. The molecule has 102 valence electrons. The molecule has 0 aromatic heterocycles. The van der Waals surface area contributed by atoms with Crippen LogP contribution in [-0.2, 0) is 9.59 Å². The number of carboxylic acids is 1. The van der Waals surface area contributed by atoms with Crippen molar-refractivity contribution in [3.8, 4) is 0 Å². The predicted molar refractivity (Wildman–Crippen MR) is 75.9 cm³/mol. The minimum atomic E-state index is -0.833. The van der Waals surface area contributed by atoms with Crippen LogP contribution < -0.4 is 0 Å². The van der Waals surface area contributed by atoms with Crippen LogP contribution in [0, 0.1) is 0 Å². The Kier molecular flexibility index (Phi) is 19.5. The van der Waals surface area contributed by atoms with Crippen molar-refractivity contribution in [2.75, 3.05) is 0 Å². The van der Waals surface area contributed by atoms with Crippen LogP contribution in [-0.4, -0.2) is 42.0 Å². The fourth-order valence-electron chi connectivity index (χ4n) is 1.68. The Balaban J connectivity index is 0. The van der Waals surface area contributed by atoms with Gasteiger partial charge in [0.05, 0.1) is 0 Å². The van der Waals surface area contributed by atoms with Gasteiger partial charge in [0, 0.05) is 6.92 Å². The number of rotatable bonds is 10. The molecule has 0 aliphatic rings. The van der Waals surface area contributed by atoms with E-state index in [9.17, 15) is 4.79 Å². The van der Waals surface area contributed by atoms with E-state index in [0.29, 0.717) is 3.03 Å². The van der Waals surface area contributed by atoms with Gasteiger partial charge in [-0.2, -0.15) is 0 Å². The molecule has 0 saturated carbocycles. The first kappa shape index (κ1) is 20.5. The fraction of sp³-hybridized carbons (Fsp3) is 0.857. The maximum absolute atomic E-state index is 10.7. The van der Waals surface area contributed by atoms with E-state index in [1.54, 1.807) is 0 Å². The summed E-state index contributed by atoms with van der Waals surface area (Å²) in [5, 5.41) is 7.42. The first-order valence-electron chi connectivity index (χ1n) is 7.19. The van der Waals surface area contributed by atoms with Crippen molar-refractivity contribution in [3.63, 3.8) is 0 Å². The molecule has 0 atom stereocenters. The van der Waals surface area contributed by atoms with E-state index in [2.05, 4.69) is 6.92 Å². The van der Waals surface area contributed by atoms with Gasteiger partial charge >= 0.3 is 107 Å². The molecule has 4 heteroatoms. The van der Waals surface area contributed by atoms with E-state index in [4.69, 9.17) is 9.90 Å². The molecule has 0 radical (unpaired) electrons. The summed E-state index contributed by atoms with van der Waals surface area (Å²) in [7, 11) is 0. The molecule has 3 nitrogen and oxygen atoms in total. The summed E-state index contributed by atoms with van der Waals surface area (Å²) in [5.41, 5.74) is 0. The number of unbranched alkanes of at least 4 members (excludes halogenated alkanes) is 8. The number of carbonyl (C=O) groups excluding carboxylic acids is 1. The summed E-state index contributed by atoms with van der Waals surface area (Å²) in [6.45, 7) is 3.34. The third-order valence-electron chi connectivity index (χ3n) is 2.63. The van der Waals surface area contributed by atoms with Crippen LogP contribution >= 0.6 is 0 Å². The predicted octanol–water partition coefficient (Wildman–Crippen LogP) is 3.69. The number of carbonyl (C=O) groups is 2. The van der Waals surface area contributed by atoms with Crippen LogP contribution in [0.1, 0.15) is 78.1 Å². The average Bonchev–Trinajstić information content (AvgIpc) is 2.26. The molecule has 0 aliphatic carbocycles. The van der Waals surface area contributed by atoms with Crippen molar-refractivity contribution in [1.29, 1.82) is 0 Å². The Hall–Kier alpha value is 0.140. The number of carboxylic acid groups (broad SMARTS) is 1. The third kappa shape index (κ3) is 29.8. The van der Waals surface area contributed by atoms with E-state index in [0.717, 1.165) is 47.7 Å². The van der Waals surface area contributed by atoms with Gasteiger partial charge in [0.15, 0.2) is 0 Å². The van der Waals surface area contributed by atoms with Gasteiger partial charge < -0.3 is 5.11 Å². The second kappa shape index (κ2) is 17.1. The summed E-state index contributed by atoms with van der Waals surface area (Å²) in [4.78, 5) is 19.7. The quantitative estimate of drug-likeness (QED) is 0.484. The van der Waals surface area contributed by atoms with Gasteiger partial charge in [0.1, 0.15) is 0 Å². The first-order chi connectivity index (χ1) is 8.50. The van der Waals surface area contributed by atoms with Crippen LogP contribution in [0.15, 0.2) is 0 Å². The van der Waals surface area contributed by atoms with E-state index >= 15 is 0 Å². The van der Waals surface area contributed by atoms with Crippen LogP contribution in [0.3, 0.4) is 0 Å². The van der Waals surface area contributed by atoms with Crippen molar-refractivity contribution < 1.29 is 14.7 Å². The van der Waals surface area contributed by atoms with Gasteiger partial charge in [-0.25, -0.2) is 0 Å². The van der Waals surface area contributed by atoms with Crippen molar-refractivity contribution in [3.05, 3.63) is 0 Å². The van der Waals surface area contributed by atoms with Crippen LogP contribution in [0.2, 0.25) is 0 Å². The normalized spacial score (nSPS) is 9.56. The first-order valence-corrected chi connectivity index (χ1v) is 8.19. The van der Waals surface area contributed by atoms with Crippen LogP contribution in [0.5, 0.6) is 0 Å². The molecule has 18 heavy (non-hydrogen) atoms. The van der Waals surface area contributed by atoms with E-state index in [-0.39, 0.29) is 0 Å². The molecule has 0 unspecified atom stereocenters. The SMILES string of the molecule is CC(=O)O.CCCCCCCCCCC[C](=O)[Na]. The molecule has 0 aromatic rings. The molecule has 0 saturated heterocycles. The second-order valence-electron chi connectivity index (χ2n) is 4.80. The van der Waals surface area contributed by atoms with Gasteiger partial charge in [-0.3, -0.25) is 4.79 Å². The van der Waals surface area contributed by atoms with Gasteiger partial charge in [0.2, 0.25) is 0 Å².